The first-order valence-corrected chi connectivity index (χ1v) is 10.1. The minimum Gasteiger partial charge on any atom is -0.488 e. The van der Waals surface area contributed by atoms with Crippen LogP contribution in [-0.2, 0) is 11.4 Å². The van der Waals surface area contributed by atoms with Crippen LogP contribution in [0.25, 0.3) is 0 Å². The lowest BCUT2D eigenvalue weighted by Crippen LogP contribution is -2.46. The van der Waals surface area contributed by atoms with Crippen LogP contribution in [0.4, 0.5) is 4.39 Å². The summed E-state index contributed by atoms with van der Waals surface area (Å²) in [7, 11) is 0. The molecule has 2 heterocycles. The third-order valence-corrected chi connectivity index (χ3v) is 6.41. The molecule has 0 aliphatic carbocycles. The minimum atomic E-state index is -0.272. The van der Waals surface area contributed by atoms with Crippen LogP contribution in [0.2, 0.25) is 0 Å². The molecule has 2 aromatic rings. The maximum absolute atomic E-state index is 13.9. The van der Waals surface area contributed by atoms with Gasteiger partial charge in [0, 0.05) is 28.3 Å². The first kappa shape index (κ1) is 18.3. The number of hydrogen-bond donors (Lipinski definition) is 3. The smallest absolute Gasteiger partial charge is 0.231 e. The van der Waals surface area contributed by atoms with Crippen molar-refractivity contribution >= 4 is 17.7 Å². The number of nitrogens with one attached hydrogen (secondary N) is 3. The first-order chi connectivity index (χ1) is 13.1. The molecule has 3 N–H and O–H groups in total. The molecule has 4 rings (SSSR count). The van der Waals surface area contributed by atoms with Gasteiger partial charge in [0.2, 0.25) is 5.91 Å². The van der Waals surface area contributed by atoms with Gasteiger partial charge in [-0.15, -0.1) is 11.8 Å². The second-order valence-electron chi connectivity index (χ2n) is 6.85. The van der Waals surface area contributed by atoms with Crippen LogP contribution >= 0.6 is 11.8 Å². The number of fused-ring (bicyclic) bond motifs is 1. The maximum Gasteiger partial charge on any atom is 0.231 e. The summed E-state index contributed by atoms with van der Waals surface area (Å²) in [5.41, 5.74) is 7.96. The van der Waals surface area contributed by atoms with E-state index in [1.165, 1.54) is 6.07 Å². The van der Waals surface area contributed by atoms with Gasteiger partial charge in [0.1, 0.15) is 18.2 Å². The highest BCUT2D eigenvalue weighted by atomic mass is 32.2. The van der Waals surface area contributed by atoms with Crippen molar-refractivity contribution in [3.63, 3.8) is 0 Å². The van der Waals surface area contributed by atoms with Crippen molar-refractivity contribution in [1.29, 1.82) is 0 Å². The van der Waals surface area contributed by atoms with Gasteiger partial charge in [0.25, 0.3) is 0 Å². The molecule has 0 saturated carbocycles. The molecule has 0 radical (unpaired) electrons. The molecular formula is C20H22FN3O2S. The van der Waals surface area contributed by atoms with Crippen molar-refractivity contribution in [1.82, 2.24) is 16.2 Å². The number of hydrogen-bond acceptors (Lipinski definition) is 5. The van der Waals surface area contributed by atoms with Crippen molar-refractivity contribution in [2.24, 2.45) is 5.92 Å². The fraction of sp³-hybridized carbons (Fsp3) is 0.350. The van der Waals surface area contributed by atoms with Gasteiger partial charge in [-0.25, -0.2) is 9.82 Å². The number of halogens is 1. The van der Waals surface area contributed by atoms with Crippen LogP contribution in [0.5, 0.6) is 5.75 Å². The zero-order valence-corrected chi connectivity index (χ0v) is 15.8. The van der Waals surface area contributed by atoms with Crippen molar-refractivity contribution in [2.75, 3.05) is 5.75 Å². The van der Waals surface area contributed by atoms with Crippen molar-refractivity contribution in [2.45, 2.75) is 31.0 Å². The third kappa shape index (κ3) is 3.81. The second kappa shape index (κ2) is 7.88. The summed E-state index contributed by atoms with van der Waals surface area (Å²) in [6, 6.07) is 14.6. The Labute approximate surface area is 162 Å². The molecule has 1 amide bonds. The van der Waals surface area contributed by atoms with Crippen LogP contribution < -0.4 is 20.9 Å². The number of amides is 1. The molecule has 0 bridgehead atoms. The summed E-state index contributed by atoms with van der Waals surface area (Å²) >= 11 is 1.62. The molecule has 142 valence electrons. The van der Waals surface area contributed by atoms with Gasteiger partial charge in [-0.05, 0) is 19.1 Å². The number of carbonyl (C=O) groups excluding carboxylic acids is 1. The highest BCUT2D eigenvalue weighted by Gasteiger charge is 2.43. The van der Waals surface area contributed by atoms with E-state index in [1.54, 1.807) is 30.0 Å². The van der Waals surface area contributed by atoms with Gasteiger partial charge in [-0.3, -0.25) is 10.2 Å². The molecule has 2 aromatic carbocycles. The zero-order chi connectivity index (χ0) is 18.8. The van der Waals surface area contributed by atoms with Gasteiger partial charge < -0.3 is 10.1 Å². The van der Waals surface area contributed by atoms with Crippen LogP contribution in [0.15, 0.2) is 48.5 Å². The predicted octanol–water partition coefficient (Wildman–Crippen LogP) is 2.75. The fourth-order valence-electron chi connectivity index (χ4n) is 3.68. The molecule has 2 aliphatic rings. The number of carbonyl (C=O) groups is 1. The SMILES string of the molecule is CC1NNC2NC(=O)CSC(c3ccccc3OCc3ccccc3F)C12. The highest BCUT2D eigenvalue weighted by molar-refractivity contribution is 8.00. The quantitative estimate of drug-likeness (QED) is 0.753. The van der Waals surface area contributed by atoms with Gasteiger partial charge >= 0.3 is 0 Å². The van der Waals surface area contributed by atoms with E-state index in [0.29, 0.717) is 11.3 Å². The van der Waals surface area contributed by atoms with E-state index >= 15 is 0 Å². The molecule has 2 fully saturated rings. The van der Waals surface area contributed by atoms with Gasteiger partial charge in [-0.2, -0.15) is 0 Å². The Balaban J connectivity index is 1.61. The Morgan fingerprint density at radius 3 is 2.78 bits per heavy atom. The van der Waals surface area contributed by atoms with E-state index in [-0.39, 0.29) is 41.7 Å². The van der Waals surface area contributed by atoms with Gasteiger partial charge in [0.05, 0.1) is 11.9 Å². The highest BCUT2D eigenvalue weighted by Crippen LogP contribution is 2.45. The molecule has 4 atom stereocenters. The van der Waals surface area contributed by atoms with Crippen molar-refractivity contribution in [3.8, 4) is 5.75 Å². The number of para-hydroxylation sites is 1. The van der Waals surface area contributed by atoms with Crippen molar-refractivity contribution < 1.29 is 13.9 Å². The predicted molar refractivity (Wildman–Crippen MR) is 104 cm³/mol. The van der Waals surface area contributed by atoms with Crippen LogP contribution in [0, 0.1) is 11.7 Å². The lowest BCUT2D eigenvalue weighted by atomic mass is 9.91. The molecule has 2 saturated heterocycles. The Kier molecular flexibility index (Phi) is 5.33. The Bertz CT molecular complexity index is 834. The number of hydrazine groups is 1. The number of ether oxygens (including phenoxy) is 1. The maximum atomic E-state index is 13.9. The lowest BCUT2D eigenvalue weighted by molar-refractivity contribution is -0.119. The first-order valence-electron chi connectivity index (χ1n) is 9.00. The normalized spacial score (nSPS) is 27.6. The number of thioether (sulfide) groups is 1. The summed E-state index contributed by atoms with van der Waals surface area (Å²) in [5.74, 6) is 1.04. The zero-order valence-electron chi connectivity index (χ0n) is 14.9. The van der Waals surface area contributed by atoms with E-state index in [0.717, 1.165) is 11.3 Å². The molecule has 4 unspecified atom stereocenters. The standard InChI is InChI=1S/C20H22FN3O2S/c1-12-18-19(27-11-17(25)22-20(18)24-23-12)14-7-3-5-9-16(14)26-10-13-6-2-4-8-15(13)21/h2-9,12,18-20,23-24H,10-11H2,1H3,(H,22,25). The Morgan fingerprint density at radius 1 is 1.15 bits per heavy atom. The monoisotopic (exact) mass is 387 g/mol. The summed E-state index contributed by atoms with van der Waals surface area (Å²) in [6.45, 7) is 2.27. The minimum absolute atomic E-state index is 0.0191. The Morgan fingerprint density at radius 2 is 1.93 bits per heavy atom. The lowest BCUT2D eigenvalue weighted by Gasteiger charge is -2.28. The van der Waals surface area contributed by atoms with Crippen molar-refractivity contribution in [3.05, 3.63) is 65.5 Å². The largest absolute Gasteiger partial charge is 0.488 e. The summed E-state index contributed by atoms with van der Waals surface area (Å²) in [6.07, 6.45) is -0.132. The van der Waals surface area contributed by atoms with Crippen LogP contribution in [0.3, 0.4) is 0 Å². The van der Waals surface area contributed by atoms with Gasteiger partial charge in [0.15, 0.2) is 0 Å². The third-order valence-electron chi connectivity index (χ3n) is 5.06. The summed E-state index contributed by atoms with van der Waals surface area (Å²) in [4.78, 5) is 12.1. The average molecular weight is 387 g/mol. The van der Waals surface area contributed by atoms with Crippen LogP contribution in [-0.4, -0.2) is 23.9 Å². The molecule has 0 spiro atoms. The molecule has 7 heteroatoms. The summed E-state index contributed by atoms with van der Waals surface area (Å²) in [5, 5.41) is 3.10. The summed E-state index contributed by atoms with van der Waals surface area (Å²) < 4.78 is 19.9. The Hall–Kier alpha value is -2.09. The van der Waals surface area contributed by atoms with E-state index in [2.05, 4.69) is 23.1 Å². The average Bonchev–Trinajstić information content (AvgIpc) is 2.93. The van der Waals surface area contributed by atoms with E-state index < -0.39 is 0 Å². The van der Waals surface area contributed by atoms with E-state index in [4.69, 9.17) is 4.74 Å². The molecular weight excluding hydrogens is 365 g/mol. The van der Waals surface area contributed by atoms with Gasteiger partial charge in [-0.1, -0.05) is 36.4 Å². The van der Waals surface area contributed by atoms with E-state index in [1.807, 2.05) is 24.3 Å². The molecule has 27 heavy (non-hydrogen) atoms. The molecule has 2 aliphatic heterocycles. The fourth-order valence-corrected chi connectivity index (χ4v) is 5.08. The second-order valence-corrected chi connectivity index (χ2v) is 7.98. The van der Waals surface area contributed by atoms with E-state index in [9.17, 15) is 9.18 Å². The molecule has 0 aromatic heterocycles. The topological polar surface area (TPSA) is 62.4 Å². The molecule has 5 nitrogen and oxygen atoms in total. The number of benzene rings is 2. The van der Waals surface area contributed by atoms with Crippen LogP contribution in [0.1, 0.15) is 23.3 Å². The number of rotatable bonds is 4.